The van der Waals surface area contributed by atoms with Gasteiger partial charge in [0.05, 0.1) is 7.11 Å². The zero-order valence-electron chi connectivity index (χ0n) is 10.8. The van der Waals surface area contributed by atoms with Gasteiger partial charge in [-0.1, -0.05) is 12.1 Å². The molecule has 5 heteroatoms. The molecular formula is C14H17N3O2. The van der Waals surface area contributed by atoms with E-state index in [4.69, 9.17) is 10.1 Å². The molecule has 1 unspecified atom stereocenters. The quantitative estimate of drug-likeness (QED) is 0.870. The van der Waals surface area contributed by atoms with E-state index in [1.807, 2.05) is 24.3 Å². The second kappa shape index (κ2) is 4.57. The lowest BCUT2D eigenvalue weighted by Gasteiger charge is -2.23. The molecule has 0 spiro atoms. The average Bonchev–Trinajstić information content (AvgIpc) is 3.17. The van der Waals surface area contributed by atoms with Gasteiger partial charge >= 0.3 is 6.03 Å². The molecule has 1 aromatic carbocycles. The first kappa shape index (κ1) is 12.0. The van der Waals surface area contributed by atoms with Crippen LogP contribution >= 0.6 is 0 Å². The van der Waals surface area contributed by atoms with Crippen LogP contribution in [0.15, 0.2) is 24.3 Å². The summed E-state index contributed by atoms with van der Waals surface area (Å²) in [6.07, 6.45) is 2.36. The molecule has 1 aromatic rings. The Labute approximate surface area is 112 Å². The Morgan fingerprint density at radius 3 is 2.95 bits per heavy atom. The van der Waals surface area contributed by atoms with E-state index >= 15 is 0 Å². The van der Waals surface area contributed by atoms with Crippen molar-refractivity contribution in [2.24, 2.45) is 5.92 Å². The molecule has 1 aliphatic heterocycles. The van der Waals surface area contributed by atoms with Gasteiger partial charge in [0.1, 0.15) is 17.6 Å². The maximum Gasteiger partial charge on any atom is 0.323 e. The van der Waals surface area contributed by atoms with E-state index in [1.165, 1.54) is 12.8 Å². The van der Waals surface area contributed by atoms with Crippen molar-refractivity contribution in [2.75, 3.05) is 13.7 Å². The van der Waals surface area contributed by atoms with Crippen LogP contribution in [0, 0.1) is 11.3 Å². The average molecular weight is 259 g/mol. The summed E-state index contributed by atoms with van der Waals surface area (Å²) in [5, 5.41) is 10.6. The van der Waals surface area contributed by atoms with Crippen LogP contribution < -0.4 is 10.1 Å². The number of nitrogens with one attached hydrogen (secondary N) is 2. The van der Waals surface area contributed by atoms with E-state index in [-0.39, 0.29) is 17.9 Å². The standard InChI is InChI=1S/C14H17N3O2/c1-19-11-4-2-3-10(7-11)12-13(15)16-14(18)17(12)8-9-5-6-9/h2-4,7,9,12H,5-6,8H2,1H3,(H2,15,16,18). The van der Waals surface area contributed by atoms with Gasteiger partial charge in [-0.25, -0.2) is 4.79 Å². The highest BCUT2D eigenvalue weighted by Gasteiger charge is 2.39. The van der Waals surface area contributed by atoms with Gasteiger partial charge in [0.15, 0.2) is 0 Å². The largest absolute Gasteiger partial charge is 0.497 e. The molecule has 1 saturated heterocycles. The Morgan fingerprint density at radius 2 is 2.26 bits per heavy atom. The van der Waals surface area contributed by atoms with Crippen LogP contribution in [0.1, 0.15) is 24.4 Å². The van der Waals surface area contributed by atoms with Gasteiger partial charge in [-0.2, -0.15) is 0 Å². The number of carbonyl (C=O) groups is 1. The summed E-state index contributed by atoms with van der Waals surface area (Å²) in [6, 6.07) is 7.11. The number of carbonyl (C=O) groups excluding carboxylic acids is 1. The van der Waals surface area contributed by atoms with Gasteiger partial charge in [-0.05, 0) is 36.5 Å². The molecular weight excluding hydrogens is 242 g/mol. The number of ether oxygens (including phenoxy) is 1. The molecule has 1 aliphatic carbocycles. The molecule has 1 atom stereocenters. The molecule has 2 N–H and O–H groups in total. The number of nitrogens with zero attached hydrogens (tertiary/aromatic N) is 1. The third-order valence-electron chi connectivity index (χ3n) is 3.65. The van der Waals surface area contributed by atoms with Gasteiger partial charge < -0.3 is 9.64 Å². The Bertz CT molecular complexity index is 525. The number of amides is 2. The van der Waals surface area contributed by atoms with Crippen LogP contribution in [0.2, 0.25) is 0 Å². The number of urea groups is 1. The highest BCUT2D eigenvalue weighted by molar-refractivity contribution is 6.06. The van der Waals surface area contributed by atoms with E-state index in [9.17, 15) is 4.79 Å². The summed E-state index contributed by atoms with van der Waals surface area (Å²) in [5.41, 5.74) is 0.920. The summed E-state index contributed by atoms with van der Waals surface area (Å²) in [6.45, 7) is 0.732. The van der Waals surface area contributed by atoms with Crippen molar-refractivity contribution in [1.82, 2.24) is 10.2 Å². The predicted molar refractivity (Wildman–Crippen MR) is 71.4 cm³/mol. The Balaban J connectivity index is 1.90. The molecule has 1 heterocycles. The van der Waals surface area contributed by atoms with Crippen molar-refractivity contribution in [1.29, 1.82) is 5.41 Å². The maximum atomic E-state index is 11.9. The summed E-state index contributed by atoms with van der Waals surface area (Å²) >= 11 is 0. The summed E-state index contributed by atoms with van der Waals surface area (Å²) in [4.78, 5) is 13.7. The molecule has 100 valence electrons. The zero-order valence-corrected chi connectivity index (χ0v) is 10.8. The molecule has 19 heavy (non-hydrogen) atoms. The SMILES string of the molecule is COc1cccc(C2C(=N)NC(=O)N2CC2CC2)c1. The van der Waals surface area contributed by atoms with Crippen LogP contribution in [0.4, 0.5) is 4.79 Å². The molecule has 1 saturated carbocycles. The van der Waals surface area contributed by atoms with E-state index in [1.54, 1.807) is 12.0 Å². The lowest BCUT2D eigenvalue weighted by atomic mass is 10.0. The zero-order chi connectivity index (χ0) is 13.4. The van der Waals surface area contributed by atoms with Crippen molar-refractivity contribution >= 4 is 11.9 Å². The number of methoxy groups -OCH3 is 1. The van der Waals surface area contributed by atoms with Gasteiger partial charge in [-0.15, -0.1) is 0 Å². The predicted octanol–water partition coefficient (Wildman–Crippen LogP) is 2.15. The number of amidine groups is 1. The highest BCUT2D eigenvalue weighted by Crippen LogP contribution is 2.35. The Hall–Kier alpha value is -2.04. The van der Waals surface area contributed by atoms with Gasteiger partial charge in [0.2, 0.25) is 0 Å². The van der Waals surface area contributed by atoms with Crippen molar-refractivity contribution in [3.8, 4) is 5.75 Å². The number of rotatable bonds is 4. The second-order valence-corrected chi connectivity index (χ2v) is 5.12. The van der Waals surface area contributed by atoms with Crippen LogP contribution in [0.5, 0.6) is 5.75 Å². The smallest absolute Gasteiger partial charge is 0.323 e. The second-order valence-electron chi connectivity index (χ2n) is 5.12. The molecule has 0 bridgehead atoms. The minimum atomic E-state index is -0.303. The van der Waals surface area contributed by atoms with Gasteiger partial charge in [-0.3, -0.25) is 10.7 Å². The monoisotopic (exact) mass is 259 g/mol. The van der Waals surface area contributed by atoms with E-state index in [0.717, 1.165) is 17.9 Å². The number of hydrogen-bond donors (Lipinski definition) is 2. The molecule has 3 rings (SSSR count). The minimum Gasteiger partial charge on any atom is -0.497 e. The molecule has 0 radical (unpaired) electrons. The fourth-order valence-electron chi connectivity index (χ4n) is 2.45. The van der Waals surface area contributed by atoms with Crippen molar-refractivity contribution in [3.63, 3.8) is 0 Å². The van der Waals surface area contributed by atoms with Crippen molar-refractivity contribution < 1.29 is 9.53 Å². The summed E-state index contributed by atoms with van der Waals surface area (Å²) in [7, 11) is 1.62. The maximum absolute atomic E-state index is 11.9. The summed E-state index contributed by atoms with van der Waals surface area (Å²) < 4.78 is 5.21. The third-order valence-corrected chi connectivity index (χ3v) is 3.65. The normalized spacial score (nSPS) is 22.6. The number of hydrogen-bond acceptors (Lipinski definition) is 3. The fraction of sp³-hybridized carbons (Fsp3) is 0.429. The van der Waals surface area contributed by atoms with Crippen LogP contribution in [-0.4, -0.2) is 30.4 Å². The molecule has 2 fully saturated rings. The van der Waals surface area contributed by atoms with Crippen molar-refractivity contribution in [3.05, 3.63) is 29.8 Å². The van der Waals surface area contributed by atoms with Gasteiger partial charge in [0.25, 0.3) is 0 Å². The fourth-order valence-corrected chi connectivity index (χ4v) is 2.45. The van der Waals surface area contributed by atoms with E-state index in [2.05, 4.69) is 5.32 Å². The first-order valence-corrected chi connectivity index (χ1v) is 6.49. The molecule has 2 aliphatic rings. The summed E-state index contributed by atoms with van der Waals surface area (Å²) in [5.74, 6) is 1.60. The third kappa shape index (κ3) is 2.28. The van der Waals surface area contributed by atoms with Crippen LogP contribution in [0.3, 0.4) is 0 Å². The van der Waals surface area contributed by atoms with Crippen molar-refractivity contribution in [2.45, 2.75) is 18.9 Å². The minimum absolute atomic E-state index is 0.162. The number of benzene rings is 1. The molecule has 2 amide bonds. The molecule has 0 aromatic heterocycles. The first-order chi connectivity index (χ1) is 9.19. The van der Waals surface area contributed by atoms with E-state index < -0.39 is 0 Å². The lowest BCUT2D eigenvalue weighted by Crippen LogP contribution is -2.31. The van der Waals surface area contributed by atoms with Gasteiger partial charge in [0, 0.05) is 6.54 Å². The van der Waals surface area contributed by atoms with E-state index in [0.29, 0.717) is 5.92 Å². The lowest BCUT2D eigenvalue weighted by molar-refractivity contribution is 0.203. The van der Waals surface area contributed by atoms with Crippen LogP contribution in [-0.2, 0) is 0 Å². The Kier molecular flexibility index (Phi) is 2.89. The van der Waals surface area contributed by atoms with Crippen LogP contribution in [0.25, 0.3) is 0 Å². The Morgan fingerprint density at radius 1 is 1.47 bits per heavy atom. The first-order valence-electron chi connectivity index (χ1n) is 6.49. The topological polar surface area (TPSA) is 65.4 Å². The highest BCUT2D eigenvalue weighted by atomic mass is 16.5. The molecule has 5 nitrogen and oxygen atoms in total.